The van der Waals surface area contributed by atoms with E-state index in [1.54, 1.807) is 66.0 Å². The summed E-state index contributed by atoms with van der Waals surface area (Å²) in [6.45, 7) is 1.72. The summed E-state index contributed by atoms with van der Waals surface area (Å²) < 4.78 is 51.6. The lowest BCUT2D eigenvalue weighted by Crippen LogP contribution is -2.16. The molecule has 8 aromatic rings. The van der Waals surface area contributed by atoms with Crippen LogP contribution in [0.1, 0.15) is 53.2 Å². The Balaban J connectivity index is 0.000000182. The summed E-state index contributed by atoms with van der Waals surface area (Å²) in [6, 6.07) is 23.8. The highest BCUT2D eigenvalue weighted by atomic mass is 32.1. The first-order chi connectivity index (χ1) is 28.7. The molecule has 0 unspecified atom stereocenters. The van der Waals surface area contributed by atoms with Crippen LogP contribution in [-0.2, 0) is 6.61 Å². The van der Waals surface area contributed by atoms with Crippen molar-refractivity contribution in [2.75, 3.05) is 10.6 Å². The molecule has 0 radical (unpaired) electrons. The van der Waals surface area contributed by atoms with Gasteiger partial charge in [0.25, 0.3) is 11.8 Å². The third kappa shape index (κ3) is 8.87. The van der Waals surface area contributed by atoms with Crippen molar-refractivity contribution in [3.8, 4) is 28.0 Å². The predicted molar refractivity (Wildman–Crippen MR) is 215 cm³/mol. The second-order valence-electron chi connectivity index (χ2n) is 12.6. The number of thiophene rings is 2. The maximum atomic E-state index is 12.6. The first-order valence-corrected chi connectivity index (χ1v) is 19.1. The second kappa shape index (κ2) is 16.9. The van der Waals surface area contributed by atoms with E-state index in [4.69, 9.17) is 8.83 Å². The number of alkyl halides is 3. The number of aromatic carboxylic acids is 2. The number of ether oxygens (including phenoxy) is 1. The molecule has 4 aromatic carbocycles. The average Bonchev–Trinajstić information content (AvgIpc) is 4.03. The molecule has 304 valence electrons. The molecule has 14 nitrogen and oxygen atoms in total. The lowest BCUT2D eigenvalue weighted by Gasteiger charge is -2.09. The van der Waals surface area contributed by atoms with Gasteiger partial charge in [0.15, 0.2) is 11.2 Å². The van der Waals surface area contributed by atoms with Crippen LogP contribution in [0.4, 0.5) is 23.2 Å². The van der Waals surface area contributed by atoms with Crippen molar-refractivity contribution < 1.29 is 61.2 Å². The number of aryl methyl sites for hydroxylation is 1. The number of hydrogen-bond donors (Lipinski definition) is 5. The number of para-hydroxylation sites is 4. The van der Waals surface area contributed by atoms with Crippen molar-refractivity contribution in [1.82, 2.24) is 9.97 Å². The number of carboxylic acid groups (broad SMARTS) is 2. The third-order valence-corrected chi connectivity index (χ3v) is 10.5. The highest BCUT2D eigenvalue weighted by Gasteiger charge is 2.31. The minimum Gasteiger partial charge on any atom is -0.478 e. The van der Waals surface area contributed by atoms with Crippen molar-refractivity contribution in [2.24, 2.45) is 0 Å². The zero-order valence-corrected chi connectivity index (χ0v) is 32.2. The minimum atomic E-state index is -4.84. The smallest absolute Gasteiger partial charge is 0.478 e. The van der Waals surface area contributed by atoms with Crippen LogP contribution in [0.5, 0.6) is 5.75 Å². The van der Waals surface area contributed by atoms with E-state index in [-0.39, 0.29) is 45.1 Å². The van der Waals surface area contributed by atoms with Gasteiger partial charge in [-0.2, -0.15) is 0 Å². The number of carboxylic acids is 2. The second-order valence-corrected chi connectivity index (χ2v) is 14.3. The molecule has 0 spiro atoms. The maximum absolute atomic E-state index is 12.6. The van der Waals surface area contributed by atoms with Crippen molar-refractivity contribution in [1.29, 1.82) is 0 Å². The van der Waals surface area contributed by atoms with E-state index in [9.17, 15) is 47.7 Å². The number of rotatable bonds is 10. The molecule has 0 saturated heterocycles. The molecule has 0 saturated carbocycles. The number of carbonyl (C=O) groups is 4. The number of carbonyl (C=O) groups excluding carboxylic acids is 2. The molecule has 2 amide bonds. The number of halogens is 3. The van der Waals surface area contributed by atoms with E-state index in [2.05, 4.69) is 25.3 Å². The number of oxazole rings is 2. The molecular formula is C41H27F3N4O10S2. The molecule has 19 heteroatoms. The summed E-state index contributed by atoms with van der Waals surface area (Å²) >= 11 is 2.05. The number of nitrogens with one attached hydrogen (secondary N) is 2. The average molecular weight is 857 g/mol. The van der Waals surface area contributed by atoms with Gasteiger partial charge in [-0.15, -0.1) is 35.8 Å². The van der Waals surface area contributed by atoms with Gasteiger partial charge in [0.1, 0.15) is 37.9 Å². The molecule has 8 rings (SSSR count). The normalized spacial score (nSPS) is 11.2. The van der Waals surface area contributed by atoms with Crippen molar-refractivity contribution >= 4 is 78.6 Å². The van der Waals surface area contributed by atoms with Crippen LogP contribution in [0.3, 0.4) is 0 Å². The summed E-state index contributed by atoms with van der Waals surface area (Å²) in [6.07, 6.45) is -4.84. The van der Waals surface area contributed by atoms with Crippen molar-refractivity contribution in [3.05, 3.63) is 136 Å². The Labute approximate surface area is 343 Å². The topological polar surface area (TPSA) is 214 Å². The Hall–Kier alpha value is -7.35. The highest BCUT2D eigenvalue weighted by Crippen LogP contribution is 2.38. The first kappa shape index (κ1) is 40.8. The standard InChI is InChI=1S/C21H16N2O5S.C20H11F3N2O5S/c1-11-6-7-12(8-13(11)9-24)14-10-29-20(17(14)21(26)27)23-18(25)19-22-15-4-2-3-5-16(15)28-19;21-20(22,23)30-11-7-5-10(6-8-11)12-9-31-18(15(12)19(27)28)25-16(26)17-24-13-3-1-2-4-14(13)29-17/h2-8,10,24H,9H2,1H3,(H,23,25)(H,26,27);1-9H,(H,25,26)(H,27,28). The van der Waals surface area contributed by atoms with E-state index in [0.717, 1.165) is 40.4 Å². The van der Waals surface area contributed by atoms with Gasteiger partial charge in [-0.3, -0.25) is 9.59 Å². The summed E-state index contributed by atoms with van der Waals surface area (Å²) in [5, 5.41) is 37.3. The maximum Gasteiger partial charge on any atom is 0.573 e. The number of aromatic nitrogens is 2. The molecule has 0 aliphatic rings. The van der Waals surface area contributed by atoms with E-state index in [1.807, 2.05) is 13.0 Å². The Morgan fingerprint density at radius 1 is 0.700 bits per heavy atom. The van der Waals surface area contributed by atoms with Crippen LogP contribution >= 0.6 is 22.7 Å². The van der Waals surface area contributed by atoms with E-state index in [0.29, 0.717) is 44.5 Å². The van der Waals surface area contributed by atoms with Crippen molar-refractivity contribution in [2.45, 2.75) is 19.9 Å². The van der Waals surface area contributed by atoms with E-state index in [1.165, 1.54) is 17.5 Å². The van der Waals surface area contributed by atoms with Crippen LogP contribution in [0.15, 0.2) is 111 Å². The van der Waals surface area contributed by atoms with Gasteiger partial charge in [0.2, 0.25) is 0 Å². The molecule has 0 atom stereocenters. The van der Waals surface area contributed by atoms with Crippen LogP contribution in [0, 0.1) is 6.92 Å². The molecular weight excluding hydrogens is 830 g/mol. The molecule has 0 bridgehead atoms. The number of benzene rings is 4. The summed E-state index contributed by atoms with van der Waals surface area (Å²) in [4.78, 5) is 57.0. The number of aliphatic hydroxyl groups is 1. The SMILES string of the molecule is Cc1ccc(-c2csc(NC(=O)c3nc4ccccc4o3)c2C(=O)O)cc1CO.O=C(Nc1scc(-c2ccc(OC(F)(F)F)cc2)c1C(=O)O)c1nc2ccccc2o1. The first-order valence-electron chi connectivity index (χ1n) is 17.3. The van der Waals surface area contributed by atoms with Crippen molar-refractivity contribution in [3.63, 3.8) is 0 Å². The van der Waals surface area contributed by atoms with Gasteiger partial charge < -0.3 is 39.5 Å². The monoisotopic (exact) mass is 856 g/mol. The van der Waals surface area contributed by atoms with Crippen LogP contribution in [0.25, 0.3) is 44.5 Å². The molecule has 0 aliphatic heterocycles. The fourth-order valence-electron chi connectivity index (χ4n) is 5.85. The van der Waals surface area contributed by atoms with Gasteiger partial charge in [0.05, 0.1) is 6.61 Å². The van der Waals surface area contributed by atoms with Crippen LogP contribution in [-0.4, -0.2) is 55.4 Å². The lowest BCUT2D eigenvalue weighted by atomic mass is 9.99. The van der Waals surface area contributed by atoms with Gasteiger partial charge >= 0.3 is 30.1 Å². The lowest BCUT2D eigenvalue weighted by molar-refractivity contribution is -0.274. The predicted octanol–water partition coefficient (Wildman–Crippen LogP) is 9.71. The van der Waals surface area contributed by atoms with Crippen LogP contribution in [0.2, 0.25) is 0 Å². The zero-order valence-electron chi connectivity index (χ0n) is 30.6. The van der Waals surface area contributed by atoms with E-state index < -0.39 is 35.9 Å². The Bertz CT molecular complexity index is 2850. The highest BCUT2D eigenvalue weighted by molar-refractivity contribution is 7.15. The van der Waals surface area contributed by atoms with Crippen LogP contribution < -0.4 is 15.4 Å². The fraction of sp³-hybridized carbons (Fsp3) is 0.0732. The largest absolute Gasteiger partial charge is 0.573 e. The summed E-state index contributed by atoms with van der Waals surface area (Å²) in [5.41, 5.74) is 4.95. The molecule has 60 heavy (non-hydrogen) atoms. The molecule has 4 heterocycles. The third-order valence-electron chi connectivity index (χ3n) is 8.67. The van der Waals surface area contributed by atoms with Gasteiger partial charge in [-0.25, -0.2) is 19.6 Å². The molecule has 4 aromatic heterocycles. The Kier molecular flexibility index (Phi) is 11.5. The quantitative estimate of drug-likeness (QED) is 0.0869. The number of fused-ring (bicyclic) bond motifs is 2. The molecule has 0 aliphatic carbocycles. The van der Waals surface area contributed by atoms with Gasteiger partial charge in [-0.1, -0.05) is 48.5 Å². The number of amides is 2. The molecule has 5 N–H and O–H groups in total. The Morgan fingerprint density at radius 2 is 1.17 bits per heavy atom. The number of hydrogen-bond acceptors (Lipinski definition) is 12. The fourth-order valence-corrected chi connectivity index (χ4v) is 7.76. The number of nitrogens with zero attached hydrogens (tertiary/aromatic N) is 2. The van der Waals surface area contributed by atoms with Gasteiger partial charge in [0, 0.05) is 21.9 Å². The van der Waals surface area contributed by atoms with E-state index >= 15 is 0 Å². The van der Waals surface area contributed by atoms with Gasteiger partial charge in [-0.05, 0) is 71.6 Å². The molecule has 0 fully saturated rings. The summed E-state index contributed by atoms with van der Waals surface area (Å²) in [5.74, 6) is -4.66. The zero-order chi connectivity index (χ0) is 42.7. The number of aliphatic hydroxyl groups excluding tert-OH is 1. The summed E-state index contributed by atoms with van der Waals surface area (Å²) in [7, 11) is 0. The Morgan fingerprint density at radius 3 is 1.62 bits per heavy atom. The number of anilines is 2. The minimum absolute atomic E-state index is 0.0211.